The van der Waals surface area contributed by atoms with Gasteiger partial charge in [0.1, 0.15) is 11.0 Å². The number of hydrogen-bond donors (Lipinski definition) is 2. The SMILES string of the molecule is O=C(Nc1ccc2n[nH]nc2c1)C1=CCCCO1. The van der Waals surface area contributed by atoms with Gasteiger partial charge in [-0.15, -0.1) is 0 Å². The minimum Gasteiger partial charge on any atom is -0.488 e. The van der Waals surface area contributed by atoms with E-state index in [1.807, 2.05) is 6.08 Å². The van der Waals surface area contributed by atoms with E-state index in [2.05, 4.69) is 20.7 Å². The fraction of sp³-hybridized carbons (Fsp3) is 0.250. The summed E-state index contributed by atoms with van der Waals surface area (Å²) in [6.07, 6.45) is 3.65. The first kappa shape index (κ1) is 10.8. The van der Waals surface area contributed by atoms with Gasteiger partial charge in [0.05, 0.1) is 6.61 Å². The molecular weight excluding hydrogens is 232 g/mol. The first-order valence-electron chi connectivity index (χ1n) is 5.78. The Morgan fingerprint density at radius 1 is 1.33 bits per heavy atom. The Morgan fingerprint density at radius 3 is 3.06 bits per heavy atom. The van der Waals surface area contributed by atoms with Gasteiger partial charge in [0.15, 0.2) is 5.76 Å². The summed E-state index contributed by atoms with van der Waals surface area (Å²) in [7, 11) is 0. The van der Waals surface area contributed by atoms with Crippen LogP contribution in [0, 0.1) is 0 Å². The molecule has 1 aliphatic heterocycles. The van der Waals surface area contributed by atoms with Crippen LogP contribution in [0.3, 0.4) is 0 Å². The molecule has 18 heavy (non-hydrogen) atoms. The van der Waals surface area contributed by atoms with Crippen molar-refractivity contribution in [1.29, 1.82) is 0 Å². The smallest absolute Gasteiger partial charge is 0.290 e. The van der Waals surface area contributed by atoms with E-state index in [0.717, 1.165) is 18.4 Å². The minimum absolute atomic E-state index is 0.224. The molecule has 2 N–H and O–H groups in total. The molecule has 1 aliphatic rings. The number of aromatic amines is 1. The Labute approximate surface area is 103 Å². The molecular formula is C12H12N4O2. The number of fused-ring (bicyclic) bond motifs is 1. The standard InChI is InChI=1S/C12H12N4O2/c17-12(11-3-1-2-6-18-11)13-8-4-5-9-10(7-8)15-16-14-9/h3-5,7H,1-2,6H2,(H,13,17)(H,14,15,16). The number of H-pyrrole nitrogens is 1. The average Bonchev–Trinajstić information content (AvgIpc) is 2.87. The Kier molecular flexibility index (Phi) is 2.68. The van der Waals surface area contributed by atoms with Crippen LogP contribution in [0.15, 0.2) is 30.0 Å². The van der Waals surface area contributed by atoms with E-state index in [1.165, 1.54) is 0 Å². The third-order valence-corrected chi connectivity index (χ3v) is 2.73. The number of carbonyl (C=O) groups excluding carboxylic acids is 1. The molecule has 0 spiro atoms. The summed E-state index contributed by atoms with van der Waals surface area (Å²) in [6, 6.07) is 5.34. The summed E-state index contributed by atoms with van der Waals surface area (Å²) >= 11 is 0. The lowest BCUT2D eigenvalue weighted by atomic mass is 10.2. The highest BCUT2D eigenvalue weighted by Crippen LogP contribution is 2.17. The van der Waals surface area contributed by atoms with Gasteiger partial charge in [-0.3, -0.25) is 4.79 Å². The maximum Gasteiger partial charge on any atom is 0.290 e. The maximum absolute atomic E-state index is 11.9. The number of anilines is 1. The lowest BCUT2D eigenvalue weighted by molar-refractivity contribution is -0.116. The molecule has 0 atom stereocenters. The molecule has 0 unspecified atom stereocenters. The number of allylic oxidation sites excluding steroid dienone is 1. The van der Waals surface area contributed by atoms with E-state index in [1.54, 1.807) is 18.2 Å². The van der Waals surface area contributed by atoms with Crippen LogP contribution in [0.4, 0.5) is 5.69 Å². The third kappa shape index (κ3) is 2.04. The van der Waals surface area contributed by atoms with Gasteiger partial charge in [-0.1, -0.05) is 0 Å². The summed E-state index contributed by atoms with van der Waals surface area (Å²) in [5.41, 5.74) is 2.16. The lowest BCUT2D eigenvalue weighted by Gasteiger charge is -2.14. The van der Waals surface area contributed by atoms with Crippen LogP contribution >= 0.6 is 0 Å². The molecule has 0 radical (unpaired) electrons. The Morgan fingerprint density at radius 2 is 2.22 bits per heavy atom. The number of amides is 1. The molecule has 0 saturated heterocycles. The number of ether oxygens (including phenoxy) is 1. The number of carbonyl (C=O) groups is 1. The van der Waals surface area contributed by atoms with Crippen molar-refractivity contribution in [2.75, 3.05) is 11.9 Å². The van der Waals surface area contributed by atoms with E-state index in [0.29, 0.717) is 23.6 Å². The van der Waals surface area contributed by atoms with Crippen LogP contribution in [0.2, 0.25) is 0 Å². The molecule has 1 aromatic heterocycles. The molecule has 6 heteroatoms. The van der Waals surface area contributed by atoms with Crippen molar-refractivity contribution < 1.29 is 9.53 Å². The summed E-state index contributed by atoms with van der Waals surface area (Å²) < 4.78 is 5.30. The van der Waals surface area contributed by atoms with Gasteiger partial charge in [0, 0.05) is 5.69 Å². The summed E-state index contributed by atoms with van der Waals surface area (Å²) in [5, 5.41) is 13.2. The molecule has 6 nitrogen and oxygen atoms in total. The number of nitrogens with zero attached hydrogens (tertiary/aromatic N) is 2. The van der Waals surface area contributed by atoms with Gasteiger partial charge in [-0.2, -0.15) is 15.4 Å². The monoisotopic (exact) mass is 244 g/mol. The van der Waals surface area contributed by atoms with Crippen LogP contribution in [0.5, 0.6) is 0 Å². The fourth-order valence-electron chi connectivity index (χ4n) is 1.83. The molecule has 1 amide bonds. The van der Waals surface area contributed by atoms with Crippen LogP contribution in [0.1, 0.15) is 12.8 Å². The van der Waals surface area contributed by atoms with Crippen molar-refractivity contribution >= 4 is 22.6 Å². The van der Waals surface area contributed by atoms with Gasteiger partial charge in [0.25, 0.3) is 5.91 Å². The normalized spacial score (nSPS) is 15.0. The minimum atomic E-state index is -0.224. The van der Waals surface area contributed by atoms with E-state index in [4.69, 9.17) is 4.74 Å². The third-order valence-electron chi connectivity index (χ3n) is 2.73. The van der Waals surface area contributed by atoms with E-state index in [-0.39, 0.29) is 5.91 Å². The first-order chi connectivity index (χ1) is 8.83. The topological polar surface area (TPSA) is 79.9 Å². The lowest BCUT2D eigenvalue weighted by Crippen LogP contribution is -2.18. The molecule has 0 saturated carbocycles. The zero-order valence-electron chi connectivity index (χ0n) is 9.64. The second-order valence-corrected chi connectivity index (χ2v) is 4.04. The fourth-order valence-corrected chi connectivity index (χ4v) is 1.83. The van der Waals surface area contributed by atoms with Crippen molar-refractivity contribution in [3.8, 4) is 0 Å². The average molecular weight is 244 g/mol. The highest BCUT2D eigenvalue weighted by Gasteiger charge is 2.14. The summed E-state index contributed by atoms with van der Waals surface area (Å²) in [5.74, 6) is 0.166. The summed E-state index contributed by atoms with van der Waals surface area (Å²) in [6.45, 7) is 0.599. The maximum atomic E-state index is 11.9. The molecule has 1 aromatic carbocycles. The van der Waals surface area contributed by atoms with Gasteiger partial charge < -0.3 is 10.1 Å². The number of benzene rings is 1. The van der Waals surface area contributed by atoms with Crippen molar-refractivity contribution in [2.24, 2.45) is 0 Å². The molecule has 92 valence electrons. The van der Waals surface area contributed by atoms with E-state index in [9.17, 15) is 4.79 Å². The van der Waals surface area contributed by atoms with Crippen LogP contribution in [0.25, 0.3) is 11.0 Å². The largest absolute Gasteiger partial charge is 0.488 e. The van der Waals surface area contributed by atoms with Gasteiger partial charge in [-0.05, 0) is 37.1 Å². The summed E-state index contributed by atoms with van der Waals surface area (Å²) in [4.78, 5) is 11.9. The van der Waals surface area contributed by atoms with E-state index < -0.39 is 0 Å². The molecule has 0 bridgehead atoms. The Hall–Kier alpha value is -2.37. The van der Waals surface area contributed by atoms with Gasteiger partial charge in [0.2, 0.25) is 0 Å². The van der Waals surface area contributed by atoms with Gasteiger partial charge >= 0.3 is 0 Å². The molecule has 2 heterocycles. The quantitative estimate of drug-likeness (QED) is 0.840. The van der Waals surface area contributed by atoms with Crippen molar-refractivity contribution in [2.45, 2.75) is 12.8 Å². The highest BCUT2D eigenvalue weighted by atomic mass is 16.5. The number of hydrogen-bond acceptors (Lipinski definition) is 4. The van der Waals surface area contributed by atoms with Crippen LogP contribution in [-0.2, 0) is 9.53 Å². The number of aromatic nitrogens is 3. The Bertz CT molecular complexity index is 617. The van der Waals surface area contributed by atoms with Crippen LogP contribution in [-0.4, -0.2) is 27.9 Å². The zero-order chi connectivity index (χ0) is 12.4. The molecule has 0 aliphatic carbocycles. The number of rotatable bonds is 2. The zero-order valence-corrected chi connectivity index (χ0v) is 9.64. The molecule has 0 fully saturated rings. The first-order valence-corrected chi connectivity index (χ1v) is 5.78. The van der Waals surface area contributed by atoms with Crippen LogP contribution < -0.4 is 5.32 Å². The second-order valence-electron chi connectivity index (χ2n) is 4.04. The van der Waals surface area contributed by atoms with Crippen molar-refractivity contribution in [1.82, 2.24) is 15.4 Å². The molecule has 2 aromatic rings. The highest BCUT2D eigenvalue weighted by molar-refractivity contribution is 6.03. The van der Waals surface area contributed by atoms with Crippen molar-refractivity contribution in [3.63, 3.8) is 0 Å². The Balaban J connectivity index is 1.78. The van der Waals surface area contributed by atoms with E-state index >= 15 is 0 Å². The molecule has 3 rings (SSSR count). The second kappa shape index (κ2) is 4.48. The number of nitrogens with one attached hydrogen (secondary N) is 2. The predicted octanol–water partition coefficient (Wildman–Crippen LogP) is 1.59. The van der Waals surface area contributed by atoms with Crippen molar-refractivity contribution in [3.05, 3.63) is 30.0 Å². The predicted molar refractivity (Wildman–Crippen MR) is 65.8 cm³/mol. The van der Waals surface area contributed by atoms with Gasteiger partial charge in [-0.25, -0.2) is 0 Å².